The van der Waals surface area contributed by atoms with Gasteiger partial charge in [-0.25, -0.2) is 0 Å². The van der Waals surface area contributed by atoms with Crippen LogP contribution in [-0.2, 0) is 4.79 Å². The zero-order chi connectivity index (χ0) is 13.1. The lowest BCUT2D eigenvalue weighted by molar-refractivity contribution is -0.383. The van der Waals surface area contributed by atoms with E-state index < -0.39 is 4.92 Å². The Morgan fingerprint density at radius 1 is 1.56 bits per heavy atom. The molecule has 1 aromatic rings. The summed E-state index contributed by atoms with van der Waals surface area (Å²) in [7, 11) is 0. The molecule has 1 unspecified atom stereocenters. The van der Waals surface area contributed by atoms with Crippen LogP contribution in [0.3, 0.4) is 0 Å². The third-order valence-corrected chi connectivity index (χ3v) is 3.10. The number of hydrogen-bond acceptors (Lipinski definition) is 4. The SMILES string of the molecule is O=C1CCC(CNc2cccc(Cl)c2[N+](=O)[O-])N1. The van der Waals surface area contributed by atoms with Gasteiger partial charge in [0.15, 0.2) is 0 Å². The van der Waals surface area contributed by atoms with Crippen molar-refractivity contribution < 1.29 is 9.72 Å². The van der Waals surface area contributed by atoms with Crippen LogP contribution in [0.1, 0.15) is 12.8 Å². The van der Waals surface area contributed by atoms with E-state index in [0.29, 0.717) is 18.7 Å². The minimum atomic E-state index is -0.516. The number of nitrogens with zero attached hydrogens (tertiary/aromatic N) is 1. The van der Waals surface area contributed by atoms with E-state index >= 15 is 0 Å². The Morgan fingerprint density at radius 3 is 2.94 bits per heavy atom. The first kappa shape index (κ1) is 12.6. The number of halogens is 1. The smallest absolute Gasteiger partial charge is 0.310 e. The number of carbonyl (C=O) groups excluding carboxylic acids is 1. The van der Waals surface area contributed by atoms with Crippen LogP contribution < -0.4 is 10.6 Å². The van der Waals surface area contributed by atoms with E-state index in [1.54, 1.807) is 12.1 Å². The lowest BCUT2D eigenvalue weighted by atomic mass is 10.2. The molecule has 1 aromatic carbocycles. The standard InChI is InChI=1S/C11H12ClN3O3/c12-8-2-1-3-9(11(8)15(17)18)13-6-7-4-5-10(16)14-7/h1-3,7,13H,4-6H2,(H,14,16). The monoisotopic (exact) mass is 269 g/mol. The van der Waals surface area contributed by atoms with Crippen LogP contribution in [-0.4, -0.2) is 23.4 Å². The summed E-state index contributed by atoms with van der Waals surface area (Å²) in [6.45, 7) is 0.451. The molecule has 2 N–H and O–H groups in total. The fourth-order valence-electron chi connectivity index (χ4n) is 1.91. The van der Waals surface area contributed by atoms with Crippen molar-refractivity contribution >= 4 is 28.9 Å². The molecule has 6 nitrogen and oxygen atoms in total. The molecule has 0 bridgehead atoms. The summed E-state index contributed by atoms with van der Waals surface area (Å²) in [5, 5.41) is 16.7. The quantitative estimate of drug-likeness (QED) is 0.646. The number of hydrogen-bond donors (Lipinski definition) is 2. The highest BCUT2D eigenvalue weighted by Gasteiger charge is 2.22. The summed E-state index contributed by atoms with van der Waals surface area (Å²) in [5.74, 6) is 0.0161. The maximum Gasteiger partial charge on any atom is 0.310 e. The summed E-state index contributed by atoms with van der Waals surface area (Å²) in [6.07, 6.45) is 1.24. The van der Waals surface area contributed by atoms with Gasteiger partial charge in [0.2, 0.25) is 5.91 Å². The molecule has 96 valence electrons. The van der Waals surface area contributed by atoms with Gasteiger partial charge >= 0.3 is 5.69 Å². The fraction of sp³-hybridized carbons (Fsp3) is 0.364. The van der Waals surface area contributed by atoms with Crippen LogP contribution in [0.4, 0.5) is 11.4 Å². The molecule has 1 saturated heterocycles. The first-order chi connectivity index (χ1) is 8.58. The average Bonchev–Trinajstić information content (AvgIpc) is 2.72. The molecular formula is C11H12ClN3O3. The first-order valence-corrected chi connectivity index (χ1v) is 5.92. The van der Waals surface area contributed by atoms with Gasteiger partial charge in [-0.2, -0.15) is 0 Å². The normalized spacial score (nSPS) is 18.5. The van der Waals surface area contributed by atoms with Crippen LogP contribution in [0, 0.1) is 10.1 Å². The summed E-state index contributed by atoms with van der Waals surface area (Å²) >= 11 is 5.79. The van der Waals surface area contributed by atoms with Gasteiger partial charge in [0.05, 0.1) is 4.92 Å². The second-order valence-corrected chi connectivity index (χ2v) is 4.48. The number of nitrogens with one attached hydrogen (secondary N) is 2. The Balaban J connectivity index is 2.07. The van der Waals surface area contributed by atoms with E-state index in [1.165, 1.54) is 6.07 Å². The molecule has 0 radical (unpaired) electrons. The van der Waals surface area contributed by atoms with Crippen molar-refractivity contribution in [3.63, 3.8) is 0 Å². The number of carbonyl (C=O) groups is 1. The predicted octanol–water partition coefficient (Wildman–Crippen LogP) is 1.94. The highest BCUT2D eigenvalue weighted by atomic mass is 35.5. The molecule has 18 heavy (non-hydrogen) atoms. The minimum absolute atomic E-state index is 0.0103. The topological polar surface area (TPSA) is 84.3 Å². The molecule has 0 aromatic heterocycles. The van der Waals surface area contributed by atoms with Crippen molar-refractivity contribution in [2.75, 3.05) is 11.9 Å². The van der Waals surface area contributed by atoms with Gasteiger partial charge in [-0.1, -0.05) is 17.7 Å². The number of nitro groups is 1. The molecule has 1 aliphatic heterocycles. The van der Waals surface area contributed by atoms with E-state index in [1.807, 2.05) is 0 Å². The number of para-hydroxylation sites is 1. The van der Waals surface area contributed by atoms with Gasteiger partial charge in [0.1, 0.15) is 10.7 Å². The van der Waals surface area contributed by atoms with E-state index in [2.05, 4.69) is 10.6 Å². The third kappa shape index (κ3) is 2.70. The van der Waals surface area contributed by atoms with Crippen LogP contribution >= 0.6 is 11.6 Å². The Labute approximate surface area is 108 Å². The van der Waals surface area contributed by atoms with E-state index in [-0.39, 0.29) is 22.7 Å². The molecule has 7 heteroatoms. The molecule has 1 aliphatic rings. The number of rotatable bonds is 4. The lowest BCUT2D eigenvalue weighted by Crippen LogP contribution is -2.31. The van der Waals surface area contributed by atoms with Gasteiger partial charge in [-0.15, -0.1) is 0 Å². The predicted molar refractivity (Wildman–Crippen MR) is 67.8 cm³/mol. The Kier molecular flexibility index (Phi) is 3.66. The zero-order valence-electron chi connectivity index (χ0n) is 9.48. The van der Waals surface area contributed by atoms with Crippen molar-refractivity contribution in [2.45, 2.75) is 18.9 Å². The highest BCUT2D eigenvalue weighted by molar-refractivity contribution is 6.33. The molecule has 2 rings (SSSR count). The molecule has 0 aliphatic carbocycles. The average molecular weight is 270 g/mol. The van der Waals surface area contributed by atoms with Gasteiger partial charge in [-0.05, 0) is 18.6 Å². The van der Waals surface area contributed by atoms with Crippen LogP contribution in [0.5, 0.6) is 0 Å². The van der Waals surface area contributed by atoms with Gasteiger partial charge in [0.25, 0.3) is 0 Å². The fourth-order valence-corrected chi connectivity index (χ4v) is 2.15. The second kappa shape index (κ2) is 5.22. The zero-order valence-corrected chi connectivity index (χ0v) is 10.2. The van der Waals surface area contributed by atoms with Crippen molar-refractivity contribution in [3.8, 4) is 0 Å². The number of anilines is 1. The van der Waals surface area contributed by atoms with Crippen molar-refractivity contribution in [1.29, 1.82) is 0 Å². The maximum atomic E-state index is 11.0. The molecule has 1 heterocycles. The lowest BCUT2D eigenvalue weighted by Gasteiger charge is -2.12. The van der Waals surface area contributed by atoms with Crippen molar-refractivity contribution in [3.05, 3.63) is 33.3 Å². The molecule has 1 atom stereocenters. The first-order valence-electron chi connectivity index (χ1n) is 5.54. The summed E-state index contributed by atoms with van der Waals surface area (Å²) < 4.78 is 0. The van der Waals surface area contributed by atoms with Crippen molar-refractivity contribution in [1.82, 2.24) is 5.32 Å². The number of nitro benzene ring substituents is 1. The largest absolute Gasteiger partial charge is 0.377 e. The van der Waals surface area contributed by atoms with E-state index in [9.17, 15) is 14.9 Å². The molecule has 1 fully saturated rings. The third-order valence-electron chi connectivity index (χ3n) is 2.79. The maximum absolute atomic E-state index is 11.0. The summed E-state index contributed by atoms with van der Waals surface area (Å²) in [5.41, 5.74) is 0.233. The number of benzene rings is 1. The van der Waals surface area contributed by atoms with Gasteiger partial charge in [0, 0.05) is 19.0 Å². The molecule has 1 amide bonds. The molecule has 0 spiro atoms. The van der Waals surface area contributed by atoms with Gasteiger partial charge in [-0.3, -0.25) is 14.9 Å². The van der Waals surface area contributed by atoms with Crippen LogP contribution in [0.25, 0.3) is 0 Å². The van der Waals surface area contributed by atoms with E-state index in [0.717, 1.165) is 6.42 Å². The highest BCUT2D eigenvalue weighted by Crippen LogP contribution is 2.32. The Hall–Kier alpha value is -1.82. The minimum Gasteiger partial charge on any atom is -0.377 e. The second-order valence-electron chi connectivity index (χ2n) is 4.08. The summed E-state index contributed by atoms with van der Waals surface area (Å²) in [4.78, 5) is 21.4. The Bertz CT molecular complexity index is 492. The molecule has 0 saturated carbocycles. The van der Waals surface area contributed by atoms with Crippen LogP contribution in [0.2, 0.25) is 5.02 Å². The van der Waals surface area contributed by atoms with Gasteiger partial charge < -0.3 is 10.6 Å². The summed E-state index contributed by atoms with van der Waals surface area (Å²) in [6, 6.07) is 4.73. The number of amides is 1. The Morgan fingerprint density at radius 2 is 2.33 bits per heavy atom. The van der Waals surface area contributed by atoms with Crippen LogP contribution in [0.15, 0.2) is 18.2 Å². The van der Waals surface area contributed by atoms with Crippen molar-refractivity contribution in [2.24, 2.45) is 0 Å². The molecular weight excluding hydrogens is 258 g/mol. The van der Waals surface area contributed by atoms with E-state index in [4.69, 9.17) is 11.6 Å².